The molecule has 0 saturated heterocycles. The number of aliphatic hydroxyl groups is 1. The molecule has 0 aliphatic carbocycles. The van der Waals surface area contributed by atoms with Crippen LogP contribution in [0.15, 0.2) is 0 Å². The van der Waals surface area contributed by atoms with Crippen LogP contribution in [-0.2, 0) is 19.2 Å². The first-order valence-corrected chi connectivity index (χ1v) is 12.2. The molecule has 0 radical (unpaired) electrons. The molecular weight excluding hydrogens is 472 g/mol. The second-order valence-electron chi connectivity index (χ2n) is 10.5. The number of carboxylic acids is 4. The van der Waals surface area contributed by atoms with Crippen LogP contribution >= 0.6 is 0 Å². The molecule has 36 heavy (non-hydrogen) atoms. The summed E-state index contributed by atoms with van der Waals surface area (Å²) in [5.74, 6) is -3.43. The van der Waals surface area contributed by atoms with Crippen LogP contribution in [0.3, 0.4) is 0 Å². The monoisotopic (exact) mass is 524 g/mol. The molecule has 0 aromatic rings. The van der Waals surface area contributed by atoms with Crippen molar-refractivity contribution in [3.05, 3.63) is 0 Å². The minimum atomic E-state index is -1.23. The average Bonchev–Trinajstić information content (AvgIpc) is 2.64. The SMILES string of the molecule is CC(C)C.CC(C)CCO.CCC(C)(C)C.O=C(O)CN(CCN(CC(=O)O)CC(=O)O)CC(=O)O. The van der Waals surface area contributed by atoms with Gasteiger partial charge < -0.3 is 25.5 Å². The smallest absolute Gasteiger partial charge is 0.317 e. The lowest BCUT2D eigenvalue weighted by Gasteiger charge is -2.23. The van der Waals surface area contributed by atoms with Crippen LogP contribution in [0.5, 0.6) is 0 Å². The lowest BCUT2D eigenvalue weighted by molar-refractivity contribution is -0.145. The minimum absolute atomic E-state index is 0.0703. The zero-order valence-electron chi connectivity index (χ0n) is 23.8. The fourth-order valence-corrected chi connectivity index (χ4v) is 1.73. The van der Waals surface area contributed by atoms with Crippen molar-refractivity contribution >= 4 is 23.9 Å². The number of hydrogen-bond acceptors (Lipinski definition) is 7. The fourth-order valence-electron chi connectivity index (χ4n) is 1.73. The Morgan fingerprint density at radius 1 is 0.667 bits per heavy atom. The molecule has 0 bridgehead atoms. The molecule has 5 N–H and O–H groups in total. The third kappa shape index (κ3) is 49.0. The van der Waals surface area contributed by atoms with Crippen molar-refractivity contribution in [3.8, 4) is 0 Å². The Labute approximate surface area is 217 Å². The molecule has 11 heteroatoms. The van der Waals surface area contributed by atoms with Gasteiger partial charge in [0.2, 0.25) is 0 Å². The topological polar surface area (TPSA) is 176 Å². The maximum Gasteiger partial charge on any atom is 0.317 e. The Bertz CT molecular complexity index is 518. The summed E-state index contributed by atoms with van der Waals surface area (Å²) in [7, 11) is 0. The summed E-state index contributed by atoms with van der Waals surface area (Å²) in [6.07, 6.45) is 2.20. The van der Waals surface area contributed by atoms with Crippen LogP contribution in [-0.4, -0.2) is 105 Å². The van der Waals surface area contributed by atoms with Crippen LogP contribution in [0.4, 0.5) is 0 Å². The van der Waals surface area contributed by atoms with E-state index in [1.54, 1.807) is 0 Å². The highest BCUT2D eigenvalue weighted by Gasteiger charge is 2.18. The van der Waals surface area contributed by atoms with Crippen molar-refractivity contribution in [2.75, 3.05) is 45.9 Å². The molecule has 0 aromatic heterocycles. The molecule has 0 rings (SSSR count). The Hall–Kier alpha value is -2.24. The predicted octanol–water partition coefficient (Wildman–Crippen LogP) is 3.06. The van der Waals surface area contributed by atoms with Gasteiger partial charge in [-0.15, -0.1) is 0 Å². The predicted molar refractivity (Wildman–Crippen MR) is 140 cm³/mol. The lowest BCUT2D eigenvalue weighted by Crippen LogP contribution is -2.43. The Kier molecular flexibility index (Phi) is 27.8. The second-order valence-corrected chi connectivity index (χ2v) is 10.5. The number of hydrogen-bond donors (Lipinski definition) is 5. The summed E-state index contributed by atoms with van der Waals surface area (Å²) >= 11 is 0. The van der Waals surface area contributed by atoms with E-state index in [0.717, 1.165) is 22.1 Å². The molecule has 216 valence electrons. The number of nitrogens with zero attached hydrogens (tertiary/aromatic N) is 2. The van der Waals surface area contributed by atoms with Crippen molar-refractivity contribution in [1.29, 1.82) is 0 Å². The van der Waals surface area contributed by atoms with Gasteiger partial charge in [-0.2, -0.15) is 0 Å². The van der Waals surface area contributed by atoms with Gasteiger partial charge in [0, 0.05) is 19.7 Å². The summed E-state index contributed by atoms with van der Waals surface area (Å²) in [6.45, 7) is 17.7. The lowest BCUT2D eigenvalue weighted by atomic mass is 9.94. The average molecular weight is 525 g/mol. The van der Waals surface area contributed by atoms with E-state index in [-0.39, 0.29) is 13.1 Å². The molecule has 0 aliphatic rings. The Morgan fingerprint density at radius 3 is 0.972 bits per heavy atom. The standard InChI is InChI=1S/C10H16N2O8.C6H14.C5H12O.C4H10/c13-7(14)3-11(4-8(15)16)1-2-12(5-9(17)18)6-10(19)20;1-5-6(2,3)4;1-5(2)3-4-6;1-4(2)3/h1-6H2,(H,13,14)(H,15,16)(H,17,18)(H,19,20);5H2,1-4H3;5-6H,3-4H2,1-2H3;4H,1-3H3. The molecule has 0 aromatic carbocycles. The first-order valence-electron chi connectivity index (χ1n) is 12.2. The van der Waals surface area contributed by atoms with E-state index in [4.69, 9.17) is 25.5 Å². The third-order valence-corrected chi connectivity index (χ3v) is 3.94. The van der Waals surface area contributed by atoms with Gasteiger partial charge in [-0.1, -0.05) is 68.7 Å². The van der Waals surface area contributed by atoms with Crippen molar-refractivity contribution < 1.29 is 44.7 Å². The van der Waals surface area contributed by atoms with Gasteiger partial charge in [0.25, 0.3) is 0 Å². The summed E-state index contributed by atoms with van der Waals surface area (Å²) in [5, 5.41) is 42.7. The van der Waals surface area contributed by atoms with Crippen LogP contribution < -0.4 is 0 Å². The zero-order chi connectivity index (χ0) is 29.5. The summed E-state index contributed by atoms with van der Waals surface area (Å²) in [5.41, 5.74) is 0.542. The van der Waals surface area contributed by atoms with E-state index in [0.29, 0.717) is 17.9 Å². The van der Waals surface area contributed by atoms with E-state index in [1.165, 1.54) is 6.42 Å². The number of aliphatic hydroxyl groups excluding tert-OH is 1. The highest BCUT2D eigenvalue weighted by molar-refractivity contribution is 5.73. The molecule has 0 amide bonds. The summed E-state index contributed by atoms with van der Waals surface area (Å²) in [4.78, 5) is 44.4. The number of carbonyl (C=O) groups is 4. The Morgan fingerprint density at radius 2 is 0.889 bits per heavy atom. The van der Waals surface area contributed by atoms with Crippen molar-refractivity contribution in [2.45, 2.75) is 75.2 Å². The number of carboxylic acid groups (broad SMARTS) is 4. The second kappa shape index (κ2) is 24.5. The molecule has 11 nitrogen and oxygen atoms in total. The zero-order valence-corrected chi connectivity index (χ0v) is 23.8. The third-order valence-electron chi connectivity index (χ3n) is 3.94. The summed E-state index contributed by atoms with van der Waals surface area (Å²) < 4.78 is 0. The van der Waals surface area contributed by atoms with Gasteiger partial charge in [0.1, 0.15) is 0 Å². The maximum absolute atomic E-state index is 10.6. The molecule has 0 fully saturated rings. The number of rotatable bonds is 13. The number of aliphatic carboxylic acids is 4. The van der Waals surface area contributed by atoms with Crippen molar-refractivity contribution in [3.63, 3.8) is 0 Å². The highest BCUT2D eigenvalue weighted by Crippen LogP contribution is 2.16. The minimum Gasteiger partial charge on any atom is -0.480 e. The first-order chi connectivity index (χ1) is 16.3. The molecule has 0 heterocycles. The van der Waals surface area contributed by atoms with Gasteiger partial charge in [-0.25, -0.2) is 0 Å². The molecule has 0 atom stereocenters. The van der Waals surface area contributed by atoms with Crippen LogP contribution in [0.2, 0.25) is 0 Å². The molecule has 0 saturated carbocycles. The molecule has 0 spiro atoms. The van der Waals surface area contributed by atoms with Gasteiger partial charge in [-0.05, 0) is 23.7 Å². The quantitative estimate of drug-likeness (QED) is 0.239. The molecule has 0 unspecified atom stereocenters. The van der Waals surface area contributed by atoms with Crippen LogP contribution in [0.1, 0.15) is 75.2 Å². The van der Waals surface area contributed by atoms with Crippen LogP contribution in [0.25, 0.3) is 0 Å². The maximum atomic E-state index is 10.6. The van der Waals surface area contributed by atoms with E-state index in [9.17, 15) is 19.2 Å². The first kappa shape index (κ1) is 40.9. The normalized spacial score (nSPS) is 10.6. The van der Waals surface area contributed by atoms with Crippen molar-refractivity contribution in [1.82, 2.24) is 9.80 Å². The van der Waals surface area contributed by atoms with E-state index in [1.807, 2.05) is 0 Å². The van der Waals surface area contributed by atoms with E-state index >= 15 is 0 Å². The molecule has 0 aliphatic heterocycles. The van der Waals surface area contributed by atoms with E-state index in [2.05, 4.69) is 62.3 Å². The van der Waals surface area contributed by atoms with Gasteiger partial charge in [-0.3, -0.25) is 29.0 Å². The van der Waals surface area contributed by atoms with Gasteiger partial charge in [0.05, 0.1) is 26.2 Å². The van der Waals surface area contributed by atoms with Crippen molar-refractivity contribution in [2.24, 2.45) is 17.3 Å². The largest absolute Gasteiger partial charge is 0.480 e. The fraction of sp³-hybridized carbons (Fsp3) is 0.840. The molecular formula is C25H52N2O9. The van der Waals surface area contributed by atoms with Crippen LogP contribution in [0, 0.1) is 17.3 Å². The Balaban J connectivity index is -0.000000258. The highest BCUT2D eigenvalue weighted by atomic mass is 16.4. The van der Waals surface area contributed by atoms with Gasteiger partial charge >= 0.3 is 23.9 Å². The van der Waals surface area contributed by atoms with E-state index < -0.39 is 50.1 Å². The summed E-state index contributed by atoms with van der Waals surface area (Å²) in [6, 6.07) is 0. The van der Waals surface area contributed by atoms with Gasteiger partial charge in [0.15, 0.2) is 0 Å².